The van der Waals surface area contributed by atoms with E-state index in [9.17, 15) is 19.5 Å². The van der Waals surface area contributed by atoms with Gasteiger partial charge in [-0.15, -0.1) is 0 Å². The van der Waals surface area contributed by atoms with Gasteiger partial charge in [0.2, 0.25) is 5.91 Å². The lowest BCUT2D eigenvalue weighted by atomic mass is 9.81. The van der Waals surface area contributed by atoms with E-state index < -0.39 is 11.4 Å². The second-order valence-corrected chi connectivity index (χ2v) is 8.06. The van der Waals surface area contributed by atoms with Gasteiger partial charge in [-0.1, -0.05) is 24.1 Å². The molecule has 2 amide bonds. The number of aryl methyl sites for hydroxylation is 1. The highest BCUT2D eigenvalue weighted by molar-refractivity contribution is 5.95. The Morgan fingerprint density at radius 3 is 2.19 bits per heavy atom. The molecule has 0 bridgehead atoms. The van der Waals surface area contributed by atoms with Crippen molar-refractivity contribution >= 4 is 17.8 Å². The highest BCUT2D eigenvalue weighted by Crippen LogP contribution is 2.44. The van der Waals surface area contributed by atoms with Gasteiger partial charge in [-0.25, -0.2) is 0 Å². The van der Waals surface area contributed by atoms with Gasteiger partial charge in [-0.3, -0.25) is 14.4 Å². The van der Waals surface area contributed by atoms with Gasteiger partial charge in [0.05, 0.1) is 0 Å². The van der Waals surface area contributed by atoms with Crippen molar-refractivity contribution in [3.05, 3.63) is 35.4 Å². The van der Waals surface area contributed by atoms with E-state index in [0.29, 0.717) is 18.7 Å². The molecular formula is C20H24N2O4. The molecule has 1 aromatic rings. The van der Waals surface area contributed by atoms with E-state index in [-0.39, 0.29) is 36.7 Å². The Morgan fingerprint density at radius 1 is 1.04 bits per heavy atom. The number of fused-ring (bicyclic) bond motifs is 1. The van der Waals surface area contributed by atoms with Gasteiger partial charge >= 0.3 is 5.97 Å². The Labute approximate surface area is 152 Å². The summed E-state index contributed by atoms with van der Waals surface area (Å²) in [5.41, 5.74) is 0.630. The van der Waals surface area contributed by atoms with Crippen LogP contribution in [0, 0.1) is 24.2 Å². The SMILES string of the molecule is Cc1ccc(C(=O)N2C[C@H]3CN(C(=O)C4CCC4)C[C@@]3(C(=O)O)C2)cc1. The van der Waals surface area contributed by atoms with E-state index in [1.165, 1.54) is 0 Å². The lowest BCUT2D eigenvalue weighted by Gasteiger charge is -2.31. The fourth-order valence-corrected chi connectivity index (χ4v) is 4.48. The van der Waals surface area contributed by atoms with Gasteiger partial charge in [0.15, 0.2) is 0 Å². The topological polar surface area (TPSA) is 77.9 Å². The van der Waals surface area contributed by atoms with Crippen LogP contribution in [0.5, 0.6) is 0 Å². The third kappa shape index (κ3) is 2.59. The number of carbonyl (C=O) groups is 3. The maximum absolute atomic E-state index is 12.8. The highest BCUT2D eigenvalue weighted by Gasteiger charge is 2.59. The van der Waals surface area contributed by atoms with Crippen LogP contribution < -0.4 is 0 Å². The molecule has 4 rings (SSSR count). The van der Waals surface area contributed by atoms with Crippen LogP contribution in [-0.4, -0.2) is 58.9 Å². The van der Waals surface area contributed by atoms with Crippen LogP contribution in [0.2, 0.25) is 0 Å². The molecule has 0 aromatic heterocycles. The first kappa shape index (κ1) is 17.1. The van der Waals surface area contributed by atoms with Gasteiger partial charge in [0.1, 0.15) is 5.41 Å². The van der Waals surface area contributed by atoms with Crippen LogP contribution in [0.15, 0.2) is 24.3 Å². The Morgan fingerprint density at radius 2 is 1.65 bits per heavy atom. The van der Waals surface area contributed by atoms with Gasteiger partial charge < -0.3 is 14.9 Å². The minimum atomic E-state index is -1.03. The molecule has 1 aliphatic carbocycles. The summed E-state index contributed by atoms with van der Waals surface area (Å²) in [4.78, 5) is 40.8. The molecule has 0 spiro atoms. The summed E-state index contributed by atoms with van der Waals surface area (Å²) in [6.45, 7) is 3.20. The molecule has 6 nitrogen and oxygen atoms in total. The van der Waals surface area contributed by atoms with E-state index in [4.69, 9.17) is 0 Å². The second kappa shape index (κ2) is 6.11. The number of rotatable bonds is 3. The zero-order valence-corrected chi connectivity index (χ0v) is 15.0. The molecule has 1 saturated carbocycles. The van der Waals surface area contributed by atoms with E-state index in [2.05, 4.69) is 0 Å². The predicted molar refractivity (Wildman–Crippen MR) is 94.6 cm³/mol. The Bertz CT molecular complexity index is 756. The van der Waals surface area contributed by atoms with E-state index in [1.807, 2.05) is 19.1 Å². The molecular weight excluding hydrogens is 332 g/mol. The number of carboxylic acids is 1. The normalized spacial score (nSPS) is 28.0. The summed E-state index contributed by atoms with van der Waals surface area (Å²) < 4.78 is 0. The molecule has 2 atom stereocenters. The van der Waals surface area contributed by atoms with Gasteiger partial charge in [-0.05, 0) is 31.9 Å². The van der Waals surface area contributed by atoms with Crippen molar-refractivity contribution in [2.24, 2.45) is 17.3 Å². The first-order valence-electron chi connectivity index (χ1n) is 9.29. The average molecular weight is 356 g/mol. The largest absolute Gasteiger partial charge is 0.481 e. The van der Waals surface area contributed by atoms with E-state index in [0.717, 1.165) is 24.8 Å². The number of hydrogen-bond acceptors (Lipinski definition) is 3. The van der Waals surface area contributed by atoms with Gasteiger partial charge in [0.25, 0.3) is 5.91 Å². The number of hydrogen-bond donors (Lipinski definition) is 1. The number of carboxylic acid groups (broad SMARTS) is 1. The average Bonchev–Trinajstić information content (AvgIpc) is 3.08. The lowest BCUT2D eigenvalue weighted by Crippen LogP contribution is -2.44. The monoisotopic (exact) mass is 356 g/mol. The standard InChI is InChI=1S/C20H24N2O4/c1-13-5-7-15(8-6-13)18(24)22-10-16-9-21(17(23)14-3-2-4-14)11-20(16,12-22)19(25)26/h5-8,14,16H,2-4,9-12H2,1H3,(H,25,26)/t16-,20-/m1/s1. The minimum absolute atomic E-state index is 0.0740. The van der Waals surface area contributed by atoms with Crippen molar-refractivity contribution in [1.82, 2.24) is 9.80 Å². The zero-order chi connectivity index (χ0) is 18.5. The number of benzene rings is 1. The quantitative estimate of drug-likeness (QED) is 0.895. The molecule has 26 heavy (non-hydrogen) atoms. The maximum atomic E-state index is 12.8. The Hall–Kier alpha value is -2.37. The summed E-state index contributed by atoms with van der Waals surface area (Å²) >= 11 is 0. The van der Waals surface area contributed by atoms with Crippen molar-refractivity contribution in [2.75, 3.05) is 26.2 Å². The number of nitrogens with zero attached hydrogens (tertiary/aromatic N) is 2. The molecule has 0 unspecified atom stereocenters. The van der Waals surface area contributed by atoms with Crippen molar-refractivity contribution < 1.29 is 19.5 Å². The number of aliphatic carboxylic acids is 1. The minimum Gasteiger partial charge on any atom is -0.481 e. The second-order valence-electron chi connectivity index (χ2n) is 8.06. The molecule has 6 heteroatoms. The first-order chi connectivity index (χ1) is 12.4. The van der Waals surface area contributed by atoms with Crippen LogP contribution in [-0.2, 0) is 9.59 Å². The summed E-state index contributed by atoms with van der Waals surface area (Å²) in [5.74, 6) is -1.05. The maximum Gasteiger partial charge on any atom is 0.313 e. The van der Waals surface area contributed by atoms with E-state index >= 15 is 0 Å². The molecule has 138 valence electrons. The lowest BCUT2D eigenvalue weighted by molar-refractivity contribution is -0.149. The summed E-state index contributed by atoms with van der Waals surface area (Å²) in [6.07, 6.45) is 2.91. The molecule has 3 aliphatic rings. The molecule has 1 N–H and O–H groups in total. The molecule has 2 heterocycles. The fourth-order valence-electron chi connectivity index (χ4n) is 4.48. The number of carbonyl (C=O) groups excluding carboxylic acids is 2. The molecule has 3 fully saturated rings. The summed E-state index contributed by atoms with van der Waals surface area (Å²) in [6, 6.07) is 7.34. The van der Waals surface area contributed by atoms with Crippen molar-refractivity contribution in [2.45, 2.75) is 26.2 Å². The van der Waals surface area contributed by atoms with Crippen LogP contribution >= 0.6 is 0 Å². The van der Waals surface area contributed by atoms with Crippen molar-refractivity contribution in [1.29, 1.82) is 0 Å². The van der Waals surface area contributed by atoms with Gasteiger partial charge in [-0.2, -0.15) is 0 Å². The van der Waals surface area contributed by atoms with Crippen molar-refractivity contribution in [3.8, 4) is 0 Å². The number of amides is 2. The highest BCUT2D eigenvalue weighted by atomic mass is 16.4. The molecule has 2 aliphatic heterocycles. The molecule has 1 aromatic carbocycles. The predicted octanol–water partition coefficient (Wildman–Crippen LogP) is 1.78. The number of likely N-dealkylation sites (tertiary alicyclic amines) is 2. The fraction of sp³-hybridized carbons (Fsp3) is 0.550. The summed E-state index contributed by atoms with van der Waals surface area (Å²) in [7, 11) is 0. The third-order valence-corrected chi connectivity index (χ3v) is 6.39. The van der Waals surface area contributed by atoms with Crippen molar-refractivity contribution in [3.63, 3.8) is 0 Å². The van der Waals surface area contributed by atoms with Crippen LogP contribution in [0.25, 0.3) is 0 Å². The first-order valence-corrected chi connectivity index (χ1v) is 9.29. The Balaban J connectivity index is 1.51. The Kier molecular flexibility index (Phi) is 4.01. The van der Waals surface area contributed by atoms with Crippen LogP contribution in [0.1, 0.15) is 35.2 Å². The van der Waals surface area contributed by atoms with E-state index in [1.54, 1.807) is 21.9 Å². The van der Waals surface area contributed by atoms with Gasteiger partial charge in [0, 0.05) is 43.6 Å². The third-order valence-electron chi connectivity index (χ3n) is 6.39. The van der Waals surface area contributed by atoms with Crippen LogP contribution in [0.3, 0.4) is 0 Å². The van der Waals surface area contributed by atoms with Crippen LogP contribution in [0.4, 0.5) is 0 Å². The smallest absolute Gasteiger partial charge is 0.313 e. The zero-order valence-electron chi connectivity index (χ0n) is 15.0. The molecule has 0 radical (unpaired) electrons. The molecule has 2 saturated heterocycles. The summed E-state index contributed by atoms with van der Waals surface area (Å²) in [5, 5.41) is 9.91.